The molecule has 1 unspecified atom stereocenters. The molecule has 2 rings (SSSR count). The predicted octanol–water partition coefficient (Wildman–Crippen LogP) is 3.10. The quantitative estimate of drug-likeness (QED) is 0.630. The summed E-state index contributed by atoms with van der Waals surface area (Å²) in [4.78, 5) is 13.9. The number of carbonyl (C=O) groups excluding carboxylic acids is 1. The van der Waals surface area contributed by atoms with Crippen molar-refractivity contribution in [2.24, 2.45) is 11.8 Å². The number of hydrogen-bond donors (Lipinski definition) is 0. The monoisotopic (exact) mass is 262 g/mol. The molecule has 0 N–H and O–H groups in total. The van der Waals surface area contributed by atoms with Gasteiger partial charge in [0.15, 0.2) is 0 Å². The molecule has 0 aromatic heterocycles. The van der Waals surface area contributed by atoms with Gasteiger partial charge in [-0.1, -0.05) is 5.57 Å². The molecule has 104 valence electrons. The molecule has 0 aromatic carbocycles. The molecule has 2 aliphatic rings. The lowest BCUT2D eigenvalue weighted by Gasteiger charge is -2.25. The Balaban J connectivity index is 1.95. The molecule has 4 heteroatoms. The Kier molecular flexibility index (Phi) is 3.84. The Hall–Kier alpha value is -1.50. The van der Waals surface area contributed by atoms with Crippen LogP contribution in [0.3, 0.4) is 0 Å². The van der Waals surface area contributed by atoms with Gasteiger partial charge in [-0.25, -0.2) is 4.79 Å². The van der Waals surface area contributed by atoms with Crippen molar-refractivity contribution in [1.82, 2.24) is 4.90 Å². The molecule has 1 aliphatic heterocycles. The minimum absolute atomic E-state index is 0.201. The minimum Gasteiger partial charge on any atom is -0.444 e. The molecule has 0 spiro atoms. The van der Waals surface area contributed by atoms with Crippen molar-refractivity contribution in [3.05, 3.63) is 11.6 Å². The number of nitrogens with zero attached hydrogens (tertiary/aromatic N) is 2. The lowest BCUT2D eigenvalue weighted by Crippen LogP contribution is -2.35. The fraction of sp³-hybridized carbons (Fsp3) is 0.733. The van der Waals surface area contributed by atoms with Crippen LogP contribution < -0.4 is 0 Å². The van der Waals surface area contributed by atoms with E-state index in [0.29, 0.717) is 11.8 Å². The van der Waals surface area contributed by atoms with Crippen molar-refractivity contribution in [1.29, 1.82) is 5.26 Å². The van der Waals surface area contributed by atoms with Crippen LogP contribution in [0.1, 0.15) is 40.0 Å². The second kappa shape index (κ2) is 5.24. The number of ether oxygens (including phenoxy) is 1. The van der Waals surface area contributed by atoms with E-state index in [0.717, 1.165) is 32.4 Å². The van der Waals surface area contributed by atoms with Gasteiger partial charge in [-0.05, 0) is 51.9 Å². The molecule has 4 nitrogen and oxygen atoms in total. The number of amides is 1. The molecule has 0 bridgehead atoms. The number of carbonyl (C=O) groups is 1. The third-order valence-corrected chi connectivity index (χ3v) is 3.86. The number of hydrogen-bond acceptors (Lipinski definition) is 3. The average Bonchev–Trinajstić information content (AvgIpc) is 2.70. The lowest BCUT2D eigenvalue weighted by atomic mass is 9.79. The zero-order valence-corrected chi connectivity index (χ0v) is 12.0. The molecule has 2 fully saturated rings. The van der Waals surface area contributed by atoms with Gasteiger partial charge in [0.1, 0.15) is 5.60 Å². The van der Waals surface area contributed by atoms with Crippen molar-refractivity contribution in [3.63, 3.8) is 0 Å². The normalized spacial score (nSPS) is 28.9. The van der Waals surface area contributed by atoms with Crippen LogP contribution >= 0.6 is 0 Å². The number of rotatable bonds is 0. The van der Waals surface area contributed by atoms with Crippen molar-refractivity contribution < 1.29 is 9.53 Å². The molecule has 19 heavy (non-hydrogen) atoms. The van der Waals surface area contributed by atoms with Crippen molar-refractivity contribution >= 4 is 6.09 Å². The van der Waals surface area contributed by atoms with Crippen LogP contribution in [-0.4, -0.2) is 29.7 Å². The molecule has 0 radical (unpaired) electrons. The Bertz CT molecular complexity index is 428. The van der Waals surface area contributed by atoms with Crippen LogP contribution in [-0.2, 0) is 4.74 Å². The van der Waals surface area contributed by atoms with Crippen LogP contribution in [0.15, 0.2) is 11.6 Å². The van der Waals surface area contributed by atoms with Gasteiger partial charge in [0.2, 0.25) is 0 Å². The van der Waals surface area contributed by atoms with Crippen LogP contribution in [0.4, 0.5) is 4.79 Å². The van der Waals surface area contributed by atoms with E-state index in [9.17, 15) is 4.79 Å². The van der Waals surface area contributed by atoms with Gasteiger partial charge in [0.05, 0.1) is 6.07 Å². The molecular weight excluding hydrogens is 240 g/mol. The summed E-state index contributed by atoms with van der Waals surface area (Å²) >= 11 is 0. The summed E-state index contributed by atoms with van der Waals surface area (Å²) in [5.41, 5.74) is 0.797. The highest BCUT2D eigenvalue weighted by Gasteiger charge is 2.39. The van der Waals surface area contributed by atoms with Gasteiger partial charge < -0.3 is 9.64 Å². The summed E-state index contributed by atoms with van der Waals surface area (Å²) in [7, 11) is 0. The van der Waals surface area contributed by atoms with Crippen LogP contribution in [0.25, 0.3) is 0 Å². The Labute approximate surface area is 115 Å². The highest BCUT2D eigenvalue weighted by molar-refractivity contribution is 5.68. The van der Waals surface area contributed by atoms with Crippen molar-refractivity contribution in [2.75, 3.05) is 13.1 Å². The summed E-state index contributed by atoms with van der Waals surface area (Å²) in [5.74, 6) is 1.07. The first-order valence-electron chi connectivity index (χ1n) is 6.94. The summed E-state index contributed by atoms with van der Waals surface area (Å²) in [6.45, 7) is 7.24. The maximum Gasteiger partial charge on any atom is 0.410 e. The Morgan fingerprint density at radius 3 is 2.74 bits per heavy atom. The topological polar surface area (TPSA) is 53.3 Å². The van der Waals surface area contributed by atoms with E-state index in [1.165, 1.54) is 5.57 Å². The molecule has 1 amide bonds. The van der Waals surface area contributed by atoms with Crippen molar-refractivity contribution in [2.45, 2.75) is 45.6 Å². The number of allylic oxidation sites excluding steroid dienone is 2. The Morgan fingerprint density at radius 1 is 1.42 bits per heavy atom. The summed E-state index contributed by atoms with van der Waals surface area (Å²) < 4.78 is 5.42. The molecule has 0 aromatic rings. The van der Waals surface area contributed by atoms with E-state index in [4.69, 9.17) is 10.00 Å². The highest BCUT2D eigenvalue weighted by atomic mass is 16.6. The first-order chi connectivity index (χ1) is 8.89. The zero-order chi connectivity index (χ0) is 14.0. The van der Waals surface area contributed by atoms with E-state index in [-0.39, 0.29) is 6.09 Å². The smallest absolute Gasteiger partial charge is 0.410 e. The minimum atomic E-state index is -0.434. The van der Waals surface area contributed by atoms with Crippen LogP contribution in [0.5, 0.6) is 0 Å². The second-order valence-corrected chi connectivity index (χ2v) is 6.58. The SMILES string of the molecule is CC(C)(C)OC(=O)N1CC2C/C(=C/C#N)CC[C@@H]2C1. The Morgan fingerprint density at radius 2 is 2.11 bits per heavy atom. The van der Waals surface area contributed by atoms with Gasteiger partial charge in [-0.15, -0.1) is 0 Å². The van der Waals surface area contributed by atoms with Crippen molar-refractivity contribution in [3.8, 4) is 6.07 Å². The highest BCUT2D eigenvalue weighted by Crippen LogP contribution is 2.39. The molecule has 1 aliphatic carbocycles. The summed E-state index contributed by atoms with van der Waals surface area (Å²) in [5, 5.41) is 8.72. The van der Waals surface area contributed by atoms with Crippen LogP contribution in [0, 0.1) is 23.2 Å². The maximum absolute atomic E-state index is 12.0. The second-order valence-electron chi connectivity index (χ2n) is 6.58. The van der Waals surface area contributed by atoms with E-state index in [1.54, 1.807) is 6.08 Å². The van der Waals surface area contributed by atoms with E-state index in [2.05, 4.69) is 6.07 Å². The molecule has 2 atom stereocenters. The number of fused-ring (bicyclic) bond motifs is 1. The fourth-order valence-electron chi connectivity index (χ4n) is 3.00. The average molecular weight is 262 g/mol. The van der Waals surface area contributed by atoms with E-state index >= 15 is 0 Å². The number of likely N-dealkylation sites (tertiary alicyclic amines) is 1. The van der Waals surface area contributed by atoms with Gasteiger partial charge >= 0.3 is 6.09 Å². The van der Waals surface area contributed by atoms with Gasteiger partial charge in [0.25, 0.3) is 0 Å². The largest absolute Gasteiger partial charge is 0.444 e. The van der Waals surface area contributed by atoms with Gasteiger partial charge in [0, 0.05) is 19.2 Å². The zero-order valence-electron chi connectivity index (χ0n) is 12.0. The molecule has 1 saturated carbocycles. The van der Waals surface area contributed by atoms with Gasteiger partial charge in [-0.2, -0.15) is 5.26 Å². The summed E-state index contributed by atoms with van der Waals surface area (Å²) in [6.07, 6.45) is 4.51. The third-order valence-electron chi connectivity index (χ3n) is 3.86. The van der Waals surface area contributed by atoms with E-state index < -0.39 is 5.60 Å². The first-order valence-corrected chi connectivity index (χ1v) is 6.94. The predicted molar refractivity (Wildman–Crippen MR) is 72.3 cm³/mol. The standard InChI is InChI=1S/C15H22N2O2/c1-15(2,3)19-14(18)17-9-12-5-4-11(6-7-16)8-13(12)10-17/h6,12-13H,4-5,8-10H2,1-3H3/b11-6+/t12-,13?/m1/s1. The fourth-order valence-corrected chi connectivity index (χ4v) is 3.00. The van der Waals surface area contributed by atoms with E-state index in [1.807, 2.05) is 25.7 Å². The molecular formula is C15H22N2O2. The maximum atomic E-state index is 12.0. The third kappa shape index (κ3) is 3.50. The lowest BCUT2D eigenvalue weighted by molar-refractivity contribution is 0.0284. The molecule has 1 heterocycles. The van der Waals surface area contributed by atoms with Gasteiger partial charge in [-0.3, -0.25) is 0 Å². The molecule has 1 saturated heterocycles. The first kappa shape index (κ1) is 13.9. The number of nitriles is 1. The summed E-state index contributed by atoms with van der Waals surface area (Å²) in [6, 6.07) is 2.12. The van der Waals surface area contributed by atoms with Crippen LogP contribution in [0.2, 0.25) is 0 Å².